The van der Waals surface area contributed by atoms with Crippen molar-refractivity contribution in [3.63, 3.8) is 0 Å². The van der Waals surface area contributed by atoms with Gasteiger partial charge in [-0.3, -0.25) is 4.99 Å². The molecule has 0 unspecified atom stereocenters. The molecule has 0 fully saturated rings. The summed E-state index contributed by atoms with van der Waals surface area (Å²) in [5.74, 6) is 1.75. The third kappa shape index (κ3) is 8.20. The Labute approximate surface area is 147 Å². The fourth-order valence-electron chi connectivity index (χ4n) is 2.17. The minimum Gasteiger partial charge on any atom is -0.493 e. The van der Waals surface area contributed by atoms with E-state index in [0.717, 1.165) is 43.4 Å². The second kappa shape index (κ2) is 10.2. The van der Waals surface area contributed by atoms with Crippen LogP contribution in [-0.4, -0.2) is 38.2 Å². The standard InChI is InChI=1S/C19H34N4O/c1-7-12-24-17-13-15(2)8-9-16(17)14-22-18(20-6)21-10-11-23-19(3,4)5/h8-9,13,23H,7,10-12,14H2,1-6H3,(H2,20,21,22). The number of rotatable bonds is 8. The van der Waals surface area contributed by atoms with E-state index in [-0.39, 0.29) is 5.54 Å². The Hall–Kier alpha value is -1.75. The molecule has 5 nitrogen and oxygen atoms in total. The molecule has 1 aromatic carbocycles. The van der Waals surface area contributed by atoms with Crippen LogP contribution in [0.2, 0.25) is 0 Å². The Morgan fingerprint density at radius 3 is 2.54 bits per heavy atom. The molecule has 0 bridgehead atoms. The van der Waals surface area contributed by atoms with Crippen molar-refractivity contribution in [1.82, 2.24) is 16.0 Å². The highest BCUT2D eigenvalue weighted by molar-refractivity contribution is 5.79. The van der Waals surface area contributed by atoms with Gasteiger partial charge in [-0.1, -0.05) is 19.1 Å². The minimum atomic E-state index is 0.131. The van der Waals surface area contributed by atoms with Gasteiger partial charge in [0.2, 0.25) is 0 Å². The van der Waals surface area contributed by atoms with Crippen LogP contribution in [0.4, 0.5) is 0 Å². The SMILES string of the molecule is CCCOc1cc(C)ccc1CNC(=NC)NCCNC(C)(C)C. The van der Waals surface area contributed by atoms with Gasteiger partial charge in [-0.05, 0) is 45.7 Å². The maximum atomic E-state index is 5.86. The summed E-state index contributed by atoms with van der Waals surface area (Å²) in [6, 6.07) is 6.32. The van der Waals surface area contributed by atoms with Crippen LogP contribution in [0.25, 0.3) is 0 Å². The second-order valence-corrected chi connectivity index (χ2v) is 6.99. The average molecular weight is 335 g/mol. The van der Waals surface area contributed by atoms with Crippen molar-refractivity contribution in [1.29, 1.82) is 0 Å². The predicted molar refractivity (Wildman–Crippen MR) is 103 cm³/mol. The summed E-state index contributed by atoms with van der Waals surface area (Å²) in [6.45, 7) is 13.8. The molecule has 0 spiro atoms. The van der Waals surface area contributed by atoms with Gasteiger partial charge in [-0.15, -0.1) is 0 Å². The number of nitrogens with zero attached hydrogens (tertiary/aromatic N) is 1. The quantitative estimate of drug-likeness (QED) is 0.389. The molecule has 1 rings (SSSR count). The number of hydrogen-bond acceptors (Lipinski definition) is 3. The van der Waals surface area contributed by atoms with Crippen LogP contribution in [0, 0.1) is 6.92 Å². The summed E-state index contributed by atoms with van der Waals surface area (Å²) in [4.78, 5) is 4.27. The van der Waals surface area contributed by atoms with Gasteiger partial charge in [0.25, 0.3) is 0 Å². The average Bonchev–Trinajstić information content (AvgIpc) is 2.52. The van der Waals surface area contributed by atoms with Gasteiger partial charge in [0, 0.05) is 37.8 Å². The molecular formula is C19H34N4O. The van der Waals surface area contributed by atoms with Crippen LogP contribution in [-0.2, 0) is 6.54 Å². The topological polar surface area (TPSA) is 57.7 Å². The summed E-state index contributed by atoms with van der Waals surface area (Å²) in [5, 5.41) is 10.1. The van der Waals surface area contributed by atoms with Crippen molar-refractivity contribution < 1.29 is 4.74 Å². The van der Waals surface area contributed by atoms with E-state index >= 15 is 0 Å². The molecule has 0 aromatic heterocycles. The van der Waals surface area contributed by atoms with E-state index in [4.69, 9.17) is 4.74 Å². The summed E-state index contributed by atoms with van der Waals surface area (Å²) in [7, 11) is 1.79. The number of nitrogens with one attached hydrogen (secondary N) is 3. The van der Waals surface area contributed by atoms with Crippen LogP contribution in [0.1, 0.15) is 45.2 Å². The summed E-state index contributed by atoms with van der Waals surface area (Å²) in [5.41, 5.74) is 2.48. The van der Waals surface area contributed by atoms with Crippen molar-refractivity contribution in [3.05, 3.63) is 29.3 Å². The van der Waals surface area contributed by atoms with E-state index in [2.05, 4.69) is 73.8 Å². The van der Waals surface area contributed by atoms with Crippen LogP contribution in [0.15, 0.2) is 23.2 Å². The lowest BCUT2D eigenvalue weighted by Gasteiger charge is -2.21. The van der Waals surface area contributed by atoms with Gasteiger partial charge in [-0.25, -0.2) is 0 Å². The zero-order chi connectivity index (χ0) is 18.0. The first-order chi connectivity index (χ1) is 11.4. The van der Waals surface area contributed by atoms with E-state index < -0.39 is 0 Å². The number of benzene rings is 1. The molecule has 1 aromatic rings. The molecule has 0 aliphatic rings. The lowest BCUT2D eigenvalue weighted by molar-refractivity contribution is 0.313. The zero-order valence-electron chi connectivity index (χ0n) is 16.1. The Balaban J connectivity index is 2.51. The van der Waals surface area contributed by atoms with Crippen molar-refractivity contribution >= 4 is 5.96 Å². The van der Waals surface area contributed by atoms with E-state index in [9.17, 15) is 0 Å². The van der Waals surface area contributed by atoms with Crippen LogP contribution in [0.3, 0.4) is 0 Å². The second-order valence-electron chi connectivity index (χ2n) is 6.99. The molecule has 3 N–H and O–H groups in total. The third-order valence-electron chi connectivity index (χ3n) is 3.43. The molecule has 0 atom stereocenters. The molecule has 0 saturated heterocycles. The molecule has 0 heterocycles. The highest BCUT2D eigenvalue weighted by Gasteiger charge is 2.08. The van der Waals surface area contributed by atoms with Gasteiger partial charge >= 0.3 is 0 Å². The molecular weight excluding hydrogens is 300 g/mol. The van der Waals surface area contributed by atoms with Gasteiger partial charge < -0.3 is 20.7 Å². The predicted octanol–water partition coefficient (Wildman–Crippen LogP) is 2.84. The number of ether oxygens (including phenoxy) is 1. The minimum absolute atomic E-state index is 0.131. The Morgan fingerprint density at radius 1 is 1.17 bits per heavy atom. The molecule has 0 radical (unpaired) electrons. The first-order valence-electron chi connectivity index (χ1n) is 8.77. The maximum absolute atomic E-state index is 5.86. The first-order valence-corrected chi connectivity index (χ1v) is 8.77. The fourth-order valence-corrected chi connectivity index (χ4v) is 2.17. The van der Waals surface area contributed by atoms with Crippen LogP contribution < -0.4 is 20.7 Å². The van der Waals surface area contributed by atoms with Crippen molar-refractivity contribution in [2.45, 2.75) is 53.1 Å². The maximum Gasteiger partial charge on any atom is 0.191 e. The fraction of sp³-hybridized carbons (Fsp3) is 0.632. The third-order valence-corrected chi connectivity index (χ3v) is 3.43. The number of aliphatic imine (C=N–C) groups is 1. The normalized spacial score (nSPS) is 12.2. The van der Waals surface area contributed by atoms with Crippen molar-refractivity contribution in [3.8, 4) is 5.75 Å². The molecule has 136 valence electrons. The molecule has 24 heavy (non-hydrogen) atoms. The highest BCUT2D eigenvalue weighted by atomic mass is 16.5. The van der Waals surface area contributed by atoms with E-state index in [0.29, 0.717) is 6.54 Å². The monoisotopic (exact) mass is 334 g/mol. The lowest BCUT2D eigenvalue weighted by Crippen LogP contribution is -2.44. The van der Waals surface area contributed by atoms with Gasteiger partial charge in [0.15, 0.2) is 5.96 Å². The number of guanidine groups is 1. The lowest BCUT2D eigenvalue weighted by atomic mass is 10.1. The van der Waals surface area contributed by atoms with Crippen molar-refractivity contribution in [2.24, 2.45) is 4.99 Å². The number of aryl methyl sites for hydroxylation is 1. The van der Waals surface area contributed by atoms with Gasteiger partial charge in [-0.2, -0.15) is 0 Å². The summed E-state index contributed by atoms with van der Waals surface area (Å²) in [6.07, 6.45) is 1.00. The van der Waals surface area contributed by atoms with Gasteiger partial charge in [0.1, 0.15) is 5.75 Å². The first kappa shape index (κ1) is 20.3. The van der Waals surface area contributed by atoms with E-state index in [1.807, 2.05) is 0 Å². The smallest absolute Gasteiger partial charge is 0.191 e. The summed E-state index contributed by atoms with van der Waals surface area (Å²) < 4.78 is 5.86. The van der Waals surface area contributed by atoms with E-state index in [1.54, 1.807) is 7.05 Å². The highest BCUT2D eigenvalue weighted by Crippen LogP contribution is 2.20. The Morgan fingerprint density at radius 2 is 1.92 bits per heavy atom. The molecule has 0 aliphatic carbocycles. The Kier molecular flexibility index (Phi) is 8.61. The van der Waals surface area contributed by atoms with E-state index in [1.165, 1.54) is 5.56 Å². The van der Waals surface area contributed by atoms with Crippen LogP contribution >= 0.6 is 0 Å². The van der Waals surface area contributed by atoms with Gasteiger partial charge in [0.05, 0.1) is 6.61 Å². The Bertz CT molecular complexity index is 521. The van der Waals surface area contributed by atoms with Crippen LogP contribution in [0.5, 0.6) is 5.75 Å². The molecule has 0 saturated carbocycles. The molecule has 0 amide bonds. The zero-order valence-corrected chi connectivity index (χ0v) is 16.1. The molecule has 5 heteroatoms. The summed E-state index contributed by atoms with van der Waals surface area (Å²) >= 11 is 0. The van der Waals surface area contributed by atoms with Crippen molar-refractivity contribution in [2.75, 3.05) is 26.7 Å². The number of hydrogen-bond donors (Lipinski definition) is 3. The molecule has 0 aliphatic heterocycles. The largest absolute Gasteiger partial charge is 0.493 e.